The Balaban J connectivity index is 2.02. The Kier molecular flexibility index (Phi) is 8.48. The quantitative estimate of drug-likeness (QED) is 0.150. The number of hydrazone groups is 1. The molecule has 0 unspecified atom stereocenters. The van der Waals surface area contributed by atoms with Gasteiger partial charge in [-0.05, 0) is 31.0 Å². The first kappa shape index (κ1) is 27.9. The fraction of sp³-hybridized carbons (Fsp3) is 0.250. The molecule has 0 spiro atoms. The second-order valence-corrected chi connectivity index (χ2v) is 8.75. The summed E-state index contributed by atoms with van der Waals surface area (Å²) < 4.78 is 10.6. The third kappa shape index (κ3) is 5.51. The third-order valence-corrected chi connectivity index (χ3v) is 6.40. The van der Waals surface area contributed by atoms with E-state index >= 15 is 0 Å². The molecule has 3 aromatic rings. The Labute approximate surface area is 229 Å². The van der Waals surface area contributed by atoms with Gasteiger partial charge in [0.15, 0.2) is 5.92 Å². The Morgan fingerprint density at radius 3 is 1.98 bits per heavy atom. The number of non-ortho nitro benzene ring substituents is 1. The van der Waals surface area contributed by atoms with Gasteiger partial charge >= 0.3 is 17.6 Å². The van der Waals surface area contributed by atoms with Gasteiger partial charge in [-0.1, -0.05) is 60.7 Å². The molecule has 0 radical (unpaired) electrons. The lowest BCUT2D eigenvalue weighted by molar-refractivity contribution is -0.393. The molecule has 1 aliphatic rings. The first-order valence-electron chi connectivity index (χ1n) is 12.5. The highest BCUT2D eigenvalue weighted by atomic mass is 16.6. The van der Waals surface area contributed by atoms with Gasteiger partial charge in [0.25, 0.3) is 5.69 Å². The lowest BCUT2D eigenvalue weighted by Gasteiger charge is -2.31. The molecular formula is C28H26N4O8. The van der Waals surface area contributed by atoms with Gasteiger partial charge < -0.3 is 9.47 Å². The molecule has 4 rings (SSSR count). The lowest BCUT2D eigenvalue weighted by Crippen LogP contribution is -2.41. The highest BCUT2D eigenvalue weighted by Crippen LogP contribution is 2.47. The van der Waals surface area contributed by atoms with Gasteiger partial charge in [-0.25, -0.2) is 0 Å². The molecule has 0 fully saturated rings. The van der Waals surface area contributed by atoms with E-state index in [1.807, 2.05) is 0 Å². The van der Waals surface area contributed by atoms with Crippen LogP contribution in [0.15, 0.2) is 84.0 Å². The molecule has 206 valence electrons. The van der Waals surface area contributed by atoms with Gasteiger partial charge in [0.2, 0.25) is 0 Å². The van der Waals surface area contributed by atoms with E-state index in [0.717, 1.165) is 12.1 Å². The van der Waals surface area contributed by atoms with Crippen molar-refractivity contribution in [2.45, 2.75) is 19.9 Å². The van der Waals surface area contributed by atoms with E-state index in [1.54, 1.807) is 74.5 Å². The Hall–Kier alpha value is -5.13. The first-order valence-corrected chi connectivity index (χ1v) is 12.5. The van der Waals surface area contributed by atoms with E-state index in [9.17, 15) is 29.8 Å². The molecule has 3 aromatic carbocycles. The summed E-state index contributed by atoms with van der Waals surface area (Å²) in [6.07, 6.45) is 0. The molecule has 40 heavy (non-hydrogen) atoms. The number of carbonyl (C=O) groups is 2. The maximum atomic E-state index is 13.4. The van der Waals surface area contributed by atoms with E-state index in [4.69, 9.17) is 14.6 Å². The van der Waals surface area contributed by atoms with Gasteiger partial charge in [0, 0.05) is 6.07 Å². The van der Waals surface area contributed by atoms with E-state index in [-0.39, 0.29) is 18.9 Å². The summed E-state index contributed by atoms with van der Waals surface area (Å²) in [6, 6.07) is 19.9. The molecule has 1 heterocycles. The summed E-state index contributed by atoms with van der Waals surface area (Å²) in [5.41, 5.74) is 0.383. The predicted octanol–water partition coefficient (Wildman–Crippen LogP) is 4.83. The Morgan fingerprint density at radius 1 is 0.875 bits per heavy atom. The van der Waals surface area contributed by atoms with Crippen molar-refractivity contribution in [3.8, 4) is 0 Å². The summed E-state index contributed by atoms with van der Waals surface area (Å²) in [5, 5.41) is 29.6. The van der Waals surface area contributed by atoms with Crippen LogP contribution in [-0.2, 0) is 19.1 Å². The largest absolute Gasteiger partial charge is 0.465 e. The SMILES string of the molecule is CCOC(=O)C(C(=O)OCC)[C@H]1C(c2ccccc2)=NN(c2ccc([N+](=O)[O-])cc2[N+](=O)[O-])[C@@H]1c1ccccc1. The number of nitro benzene ring substituents is 2. The monoisotopic (exact) mass is 546 g/mol. The molecule has 1 aliphatic heterocycles. The summed E-state index contributed by atoms with van der Waals surface area (Å²) in [4.78, 5) is 48.8. The zero-order valence-corrected chi connectivity index (χ0v) is 21.7. The maximum absolute atomic E-state index is 13.4. The second-order valence-electron chi connectivity index (χ2n) is 8.75. The number of esters is 2. The van der Waals surface area contributed by atoms with Gasteiger partial charge in [0.05, 0.1) is 46.8 Å². The van der Waals surface area contributed by atoms with E-state index in [0.29, 0.717) is 16.8 Å². The zero-order chi connectivity index (χ0) is 28.8. The normalized spacial score (nSPS) is 16.4. The summed E-state index contributed by atoms with van der Waals surface area (Å²) in [5.74, 6) is -4.12. The van der Waals surface area contributed by atoms with Crippen LogP contribution in [0.5, 0.6) is 0 Å². The molecule has 0 amide bonds. The molecule has 0 bridgehead atoms. The smallest absolute Gasteiger partial charge is 0.321 e. The van der Waals surface area contributed by atoms with Gasteiger partial charge in [-0.2, -0.15) is 5.10 Å². The van der Waals surface area contributed by atoms with Crippen LogP contribution in [0.4, 0.5) is 17.1 Å². The number of hydrogen-bond acceptors (Lipinski definition) is 10. The minimum Gasteiger partial charge on any atom is -0.465 e. The molecule has 0 aliphatic carbocycles. The van der Waals surface area contributed by atoms with Gasteiger partial charge in [-0.15, -0.1) is 0 Å². The summed E-state index contributed by atoms with van der Waals surface area (Å²) in [7, 11) is 0. The van der Waals surface area contributed by atoms with Crippen molar-refractivity contribution in [3.63, 3.8) is 0 Å². The molecule has 0 aromatic heterocycles. The molecule has 0 N–H and O–H groups in total. The number of rotatable bonds is 10. The molecular weight excluding hydrogens is 520 g/mol. The molecule has 12 heteroatoms. The second kappa shape index (κ2) is 12.2. The van der Waals surface area contributed by atoms with Crippen molar-refractivity contribution >= 4 is 34.7 Å². The standard InChI is InChI=1S/C28H26N4O8/c1-3-39-27(33)24(28(34)40-4-2)23-25(18-11-7-5-8-12-18)29-30(26(23)19-13-9-6-10-14-19)21-16-15-20(31(35)36)17-22(21)32(37)38/h5-17,23-24,26H,3-4H2,1-2H3/t23-,26+/m0/s1. The molecule has 0 saturated carbocycles. The Morgan fingerprint density at radius 2 is 1.45 bits per heavy atom. The van der Waals surface area contributed by atoms with Crippen LogP contribution in [0.25, 0.3) is 0 Å². The van der Waals surface area contributed by atoms with Crippen LogP contribution in [0.2, 0.25) is 0 Å². The fourth-order valence-corrected chi connectivity index (χ4v) is 4.77. The molecule has 12 nitrogen and oxygen atoms in total. The number of nitrogens with zero attached hydrogens (tertiary/aromatic N) is 4. The fourth-order valence-electron chi connectivity index (χ4n) is 4.77. The average Bonchev–Trinajstić information content (AvgIpc) is 3.33. The molecule has 0 saturated heterocycles. The van der Waals surface area contributed by atoms with Crippen molar-refractivity contribution in [1.82, 2.24) is 0 Å². The van der Waals surface area contributed by atoms with Crippen LogP contribution in [0.1, 0.15) is 31.0 Å². The topological polar surface area (TPSA) is 154 Å². The Bertz CT molecular complexity index is 1430. The van der Waals surface area contributed by atoms with Crippen LogP contribution in [-0.4, -0.2) is 40.7 Å². The van der Waals surface area contributed by atoms with E-state index in [1.165, 1.54) is 11.1 Å². The minimum absolute atomic E-state index is 0.00676. The van der Waals surface area contributed by atoms with Crippen LogP contribution in [0, 0.1) is 32.1 Å². The minimum atomic E-state index is -1.47. The van der Waals surface area contributed by atoms with E-state index < -0.39 is 51.0 Å². The van der Waals surface area contributed by atoms with Crippen molar-refractivity contribution < 1.29 is 28.9 Å². The maximum Gasteiger partial charge on any atom is 0.321 e. The van der Waals surface area contributed by atoms with Crippen molar-refractivity contribution in [2.75, 3.05) is 18.2 Å². The number of ether oxygens (including phenoxy) is 2. The number of carbonyl (C=O) groups excluding carboxylic acids is 2. The van der Waals surface area contributed by atoms with E-state index in [2.05, 4.69) is 0 Å². The number of hydrogen-bond donors (Lipinski definition) is 0. The third-order valence-electron chi connectivity index (χ3n) is 6.40. The lowest BCUT2D eigenvalue weighted by atomic mass is 9.77. The number of nitro groups is 2. The van der Waals surface area contributed by atoms with Gasteiger partial charge in [0.1, 0.15) is 5.69 Å². The van der Waals surface area contributed by atoms with Crippen LogP contribution >= 0.6 is 0 Å². The van der Waals surface area contributed by atoms with Crippen LogP contribution < -0.4 is 5.01 Å². The highest BCUT2D eigenvalue weighted by molar-refractivity contribution is 6.11. The number of anilines is 1. The summed E-state index contributed by atoms with van der Waals surface area (Å²) >= 11 is 0. The predicted molar refractivity (Wildman–Crippen MR) is 145 cm³/mol. The zero-order valence-electron chi connectivity index (χ0n) is 21.7. The number of benzene rings is 3. The van der Waals surface area contributed by atoms with Crippen LogP contribution in [0.3, 0.4) is 0 Å². The van der Waals surface area contributed by atoms with Crippen molar-refractivity contribution in [1.29, 1.82) is 0 Å². The summed E-state index contributed by atoms with van der Waals surface area (Å²) in [6.45, 7) is 3.24. The average molecular weight is 547 g/mol. The van der Waals surface area contributed by atoms with Crippen molar-refractivity contribution in [2.24, 2.45) is 16.9 Å². The van der Waals surface area contributed by atoms with Crippen molar-refractivity contribution in [3.05, 3.63) is 110 Å². The molecule has 2 atom stereocenters. The highest BCUT2D eigenvalue weighted by Gasteiger charge is 2.52. The first-order chi connectivity index (χ1) is 19.3. The van der Waals surface area contributed by atoms with Gasteiger partial charge in [-0.3, -0.25) is 34.8 Å².